The molecule has 0 spiro atoms. The number of carbonyl (C=O) groups is 4. The molecule has 1 aliphatic heterocycles. The Morgan fingerprint density at radius 2 is 1.27 bits per heavy atom. The quantitative estimate of drug-likeness (QED) is 0.121. The number of amides is 4. The number of aromatic amines is 1. The Morgan fingerprint density at radius 1 is 0.673 bits per heavy atom. The van der Waals surface area contributed by atoms with E-state index >= 15 is 0 Å². The van der Waals surface area contributed by atoms with Crippen LogP contribution in [0, 0.1) is 0 Å². The zero-order valence-corrected chi connectivity index (χ0v) is 27.8. The van der Waals surface area contributed by atoms with E-state index in [1.54, 1.807) is 4.90 Å². The van der Waals surface area contributed by atoms with Gasteiger partial charge in [-0.25, -0.2) is 0 Å². The summed E-state index contributed by atoms with van der Waals surface area (Å²) < 4.78 is 21.8. The van der Waals surface area contributed by atoms with Crippen LogP contribution in [0.5, 0.6) is 0 Å². The lowest BCUT2D eigenvalue weighted by atomic mass is 9.95. The standard InChI is InChI=1S/C34H45N7O8/c1-2-35-31(44)23-37-30(43)13-15-46-17-19-48-21-22-49-20-18-47-16-14-36-29(42)11-12-32(45)41-24-25-7-3-4-8-26(25)33-34(39-40-38-33)27-9-5-6-10-28(27)41/h3-10H,2,11-24H2,1H3,(H,35,44)(H,36,42)(H,37,43)(H,38,39,40). The number of hydrogen-bond donors (Lipinski definition) is 4. The summed E-state index contributed by atoms with van der Waals surface area (Å²) in [7, 11) is 0. The molecule has 1 aliphatic rings. The number of fused-ring (bicyclic) bond motifs is 5. The number of likely N-dealkylation sites (N-methyl/N-ethyl adjacent to an activating group) is 1. The van der Waals surface area contributed by atoms with Crippen molar-refractivity contribution in [3.8, 4) is 22.5 Å². The molecule has 3 aromatic rings. The Labute approximate surface area is 285 Å². The molecule has 264 valence electrons. The molecule has 4 amide bonds. The highest BCUT2D eigenvalue weighted by atomic mass is 16.6. The molecule has 15 heteroatoms. The third kappa shape index (κ3) is 12.0. The van der Waals surface area contributed by atoms with E-state index in [1.807, 2.05) is 55.5 Å². The van der Waals surface area contributed by atoms with Gasteiger partial charge in [0.25, 0.3) is 0 Å². The summed E-state index contributed by atoms with van der Waals surface area (Å²) in [4.78, 5) is 50.7. The minimum absolute atomic E-state index is 0.0407. The lowest BCUT2D eigenvalue weighted by Crippen LogP contribution is -2.37. The highest BCUT2D eigenvalue weighted by Gasteiger charge is 2.27. The first-order valence-electron chi connectivity index (χ1n) is 16.5. The second kappa shape index (κ2) is 20.6. The van der Waals surface area contributed by atoms with E-state index in [0.717, 1.165) is 28.1 Å². The number of H-pyrrole nitrogens is 1. The van der Waals surface area contributed by atoms with Crippen LogP contribution in [0.25, 0.3) is 22.5 Å². The number of para-hydroxylation sites is 1. The number of ether oxygens (including phenoxy) is 4. The summed E-state index contributed by atoms with van der Waals surface area (Å²) in [6.45, 7) is 5.76. The average Bonchev–Trinajstić information content (AvgIpc) is 3.59. The molecule has 2 heterocycles. The van der Waals surface area contributed by atoms with E-state index in [2.05, 4.69) is 31.4 Å². The molecule has 0 saturated carbocycles. The summed E-state index contributed by atoms with van der Waals surface area (Å²) in [5.74, 6) is -0.863. The minimum atomic E-state index is -0.247. The third-order valence-corrected chi connectivity index (χ3v) is 7.44. The summed E-state index contributed by atoms with van der Waals surface area (Å²) >= 11 is 0. The lowest BCUT2D eigenvalue weighted by Gasteiger charge is -2.28. The number of nitrogens with zero attached hydrogens (tertiary/aromatic N) is 3. The number of anilines is 1. The number of nitrogens with one attached hydrogen (secondary N) is 4. The van der Waals surface area contributed by atoms with Crippen LogP contribution in [0.1, 0.15) is 31.7 Å². The van der Waals surface area contributed by atoms with Crippen molar-refractivity contribution in [3.63, 3.8) is 0 Å². The van der Waals surface area contributed by atoms with E-state index in [4.69, 9.17) is 18.9 Å². The van der Waals surface area contributed by atoms with Crippen molar-refractivity contribution in [2.45, 2.75) is 32.7 Å². The Bertz CT molecular complexity index is 1510. The van der Waals surface area contributed by atoms with Crippen molar-refractivity contribution >= 4 is 29.3 Å². The fraction of sp³-hybridized carbons (Fsp3) is 0.471. The topological polar surface area (TPSA) is 186 Å². The predicted molar refractivity (Wildman–Crippen MR) is 180 cm³/mol. The van der Waals surface area contributed by atoms with E-state index in [1.165, 1.54) is 0 Å². The van der Waals surface area contributed by atoms with Gasteiger partial charge in [0.2, 0.25) is 23.6 Å². The van der Waals surface area contributed by atoms with Gasteiger partial charge in [0.1, 0.15) is 11.4 Å². The number of aromatic nitrogens is 3. The first-order chi connectivity index (χ1) is 24.0. The van der Waals surface area contributed by atoms with Gasteiger partial charge in [-0.1, -0.05) is 42.5 Å². The zero-order valence-electron chi connectivity index (χ0n) is 27.8. The van der Waals surface area contributed by atoms with E-state index in [9.17, 15) is 19.2 Å². The molecule has 49 heavy (non-hydrogen) atoms. The van der Waals surface area contributed by atoms with Gasteiger partial charge >= 0.3 is 0 Å². The van der Waals surface area contributed by atoms with Crippen LogP contribution in [-0.2, 0) is 44.7 Å². The van der Waals surface area contributed by atoms with Crippen LogP contribution in [0.4, 0.5) is 5.69 Å². The Balaban J connectivity index is 1.02. The van der Waals surface area contributed by atoms with Crippen LogP contribution >= 0.6 is 0 Å². The summed E-state index contributed by atoms with van der Waals surface area (Å²) in [6.07, 6.45) is 0.272. The first-order valence-corrected chi connectivity index (χ1v) is 16.5. The molecule has 1 aromatic heterocycles. The molecular weight excluding hydrogens is 634 g/mol. The van der Waals surface area contributed by atoms with Gasteiger partial charge < -0.3 is 39.8 Å². The van der Waals surface area contributed by atoms with Crippen molar-refractivity contribution in [3.05, 3.63) is 54.1 Å². The smallest absolute Gasteiger partial charge is 0.239 e. The van der Waals surface area contributed by atoms with Crippen LogP contribution in [0.2, 0.25) is 0 Å². The van der Waals surface area contributed by atoms with Crippen LogP contribution in [-0.4, -0.2) is 112 Å². The van der Waals surface area contributed by atoms with Crippen molar-refractivity contribution in [1.29, 1.82) is 0 Å². The summed E-state index contributed by atoms with van der Waals surface area (Å²) in [5.41, 5.74) is 4.78. The Morgan fingerprint density at radius 3 is 1.98 bits per heavy atom. The normalized spacial score (nSPS) is 11.8. The molecule has 4 rings (SSSR count). The van der Waals surface area contributed by atoms with Gasteiger partial charge in [0.05, 0.1) is 71.6 Å². The molecule has 0 radical (unpaired) electrons. The number of benzene rings is 2. The van der Waals surface area contributed by atoms with E-state index in [-0.39, 0.29) is 56.0 Å². The predicted octanol–water partition coefficient (Wildman–Crippen LogP) is 1.59. The Kier molecular flexibility index (Phi) is 15.6. The molecule has 15 nitrogen and oxygen atoms in total. The largest absolute Gasteiger partial charge is 0.379 e. The van der Waals surface area contributed by atoms with Crippen LogP contribution in [0.3, 0.4) is 0 Å². The summed E-state index contributed by atoms with van der Waals surface area (Å²) in [5, 5.41) is 19.4. The van der Waals surface area contributed by atoms with Gasteiger partial charge in [-0.3, -0.25) is 19.2 Å². The van der Waals surface area contributed by atoms with Crippen LogP contribution < -0.4 is 20.9 Å². The van der Waals surface area contributed by atoms with Gasteiger partial charge in [0.15, 0.2) is 0 Å². The molecule has 0 fully saturated rings. The second-order valence-corrected chi connectivity index (χ2v) is 11.0. The molecule has 0 bridgehead atoms. The zero-order chi connectivity index (χ0) is 34.7. The molecule has 0 aliphatic carbocycles. The molecule has 0 saturated heterocycles. The van der Waals surface area contributed by atoms with E-state index in [0.29, 0.717) is 71.6 Å². The highest BCUT2D eigenvalue weighted by Crippen LogP contribution is 2.39. The molecule has 0 atom stereocenters. The average molecular weight is 680 g/mol. The van der Waals surface area contributed by atoms with Crippen molar-refractivity contribution in [1.82, 2.24) is 31.4 Å². The SMILES string of the molecule is CCNC(=O)CNC(=O)CCOCCOCCOCCOCCNC(=O)CCC(=O)N1Cc2ccccc2-c2n[nH]nc2-c2ccccc21. The van der Waals surface area contributed by atoms with E-state index < -0.39 is 0 Å². The van der Waals surface area contributed by atoms with Crippen molar-refractivity contribution in [2.75, 3.05) is 77.4 Å². The van der Waals surface area contributed by atoms with Gasteiger partial charge in [-0.05, 0) is 18.6 Å². The van der Waals surface area contributed by atoms with Gasteiger partial charge in [0, 0.05) is 43.5 Å². The maximum Gasteiger partial charge on any atom is 0.239 e. The number of hydrogen-bond acceptors (Lipinski definition) is 10. The monoisotopic (exact) mass is 679 g/mol. The molecule has 4 N–H and O–H groups in total. The maximum atomic E-state index is 13.5. The molecule has 2 aromatic carbocycles. The first kappa shape index (κ1) is 37.1. The van der Waals surface area contributed by atoms with Gasteiger partial charge in [-0.2, -0.15) is 15.4 Å². The summed E-state index contributed by atoms with van der Waals surface area (Å²) in [6, 6.07) is 15.4. The molecule has 0 unspecified atom stereocenters. The Hall–Kier alpha value is -4.70. The van der Waals surface area contributed by atoms with Crippen LogP contribution in [0.15, 0.2) is 48.5 Å². The highest BCUT2D eigenvalue weighted by molar-refractivity contribution is 6.01. The van der Waals surface area contributed by atoms with Gasteiger partial charge in [-0.15, -0.1) is 0 Å². The maximum absolute atomic E-state index is 13.5. The fourth-order valence-electron chi connectivity index (χ4n) is 5.04. The second-order valence-electron chi connectivity index (χ2n) is 11.0. The third-order valence-electron chi connectivity index (χ3n) is 7.44. The number of carbonyl (C=O) groups excluding carboxylic acids is 4. The van der Waals surface area contributed by atoms with Crippen molar-refractivity contribution in [2.24, 2.45) is 0 Å². The van der Waals surface area contributed by atoms with Crippen molar-refractivity contribution < 1.29 is 38.1 Å². The number of rotatable bonds is 21. The molecular formula is C34H45N7O8. The fourth-order valence-corrected chi connectivity index (χ4v) is 5.04. The minimum Gasteiger partial charge on any atom is -0.379 e. The lowest BCUT2D eigenvalue weighted by molar-refractivity contribution is -0.126.